The standard InChI is InChI=1S/C23H23N/c1-16(2)22-15-21(14-17(3)23(22)24-4)20-12-10-19(11-13-20)18-8-6-5-7-9-18/h6,8-15H,1,3,5,7H2,2,4H3/b24-23+. The fraction of sp³-hybridized carbons (Fsp3) is 0.174. The number of benzene rings is 1. The fourth-order valence-electron chi connectivity index (χ4n) is 3.13. The average molecular weight is 313 g/mol. The van der Waals surface area contributed by atoms with Crippen molar-refractivity contribution in [3.05, 3.63) is 95.6 Å². The minimum absolute atomic E-state index is 0.931. The molecule has 0 N–H and O–H groups in total. The monoisotopic (exact) mass is 313 g/mol. The molecular weight excluding hydrogens is 290 g/mol. The molecule has 0 amide bonds. The number of nitrogens with zero attached hydrogens (tertiary/aromatic N) is 1. The van der Waals surface area contributed by atoms with Crippen LogP contribution < -0.4 is 0 Å². The zero-order valence-electron chi connectivity index (χ0n) is 14.5. The van der Waals surface area contributed by atoms with Crippen LogP contribution in [0.5, 0.6) is 0 Å². The summed E-state index contributed by atoms with van der Waals surface area (Å²) < 4.78 is 0. The molecule has 0 fully saturated rings. The molecule has 0 saturated carbocycles. The van der Waals surface area contributed by atoms with Crippen LogP contribution in [0.2, 0.25) is 0 Å². The van der Waals surface area contributed by atoms with E-state index in [1.165, 1.54) is 16.7 Å². The quantitative estimate of drug-likeness (QED) is 0.654. The first-order valence-electron chi connectivity index (χ1n) is 8.33. The maximum Gasteiger partial charge on any atom is 0.0712 e. The minimum Gasteiger partial charge on any atom is -0.287 e. The molecule has 1 heteroatoms. The lowest BCUT2D eigenvalue weighted by Crippen LogP contribution is -2.10. The average Bonchev–Trinajstić information content (AvgIpc) is 2.62. The van der Waals surface area contributed by atoms with Crippen molar-refractivity contribution in [2.45, 2.75) is 19.8 Å². The van der Waals surface area contributed by atoms with E-state index in [0.29, 0.717) is 0 Å². The zero-order chi connectivity index (χ0) is 17.1. The molecule has 24 heavy (non-hydrogen) atoms. The third-order valence-corrected chi connectivity index (χ3v) is 4.42. The van der Waals surface area contributed by atoms with E-state index in [0.717, 1.165) is 40.8 Å². The van der Waals surface area contributed by atoms with E-state index in [4.69, 9.17) is 0 Å². The van der Waals surface area contributed by atoms with Crippen LogP contribution in [0.3, 0.4) is 0 Å². The van der Waals surface area contributed by atoms with E-state index in [-0.39, 0.29) is 0 Å². The number of allylic oxidation sites excluding steroid dienone is 10. The Balaban J connectivity index is 1.94. The molecule has 0 saturated heterocycles. The molecule has 1 aromatic carbocycles. The highest BCUT2D eigenvalue weighted by Gasteiger charge is 2.17. The van der Waals surface area contributed by atoms with Crippen molar-refractivity contribution in [3.63, 3.8) is 0 Å². The van der Waals surface area contributed by atoms with Gasteiger partial charge >= 0.3 is 0 Å². The Morgan fingerprint density at radius 1 is 1.00 bits per heavy atom. The van der Waals surface area contributed by atoms with Crippen molar-refractivity contribution in [2.75, 3.05) is 7.05 Å². The van der Waals surface area contributed by atoms with Crippen molar-refractivity contribution >= 4 is 16.9 Å². The van der Waals surface area contributed by atoms with Gasteiger partial charge in [-0.1, -0.05) is 55.7 Å². The third-order valence-electron chi connectivity index (χ3n) is 4.42. The van der Waals surface area contributed by atoms with Gasteiger partial charge in [-0.25, -0.2) is 0 Å². The Hall–Kier alpha value is -2.67. The normalized spacial score (nSPS) is 19.0. The van der Waals surface area contributed by atoms with E-state index in [1.807, 2.05) is 6.92 Å². The van der Waals surface area contributed by atoms with Gasteiger partial charge in [0, 0.05) is 12.6 Å². The lowest BCUT2D eigenvalue weighted by Gasteiger charge is -2.18. The summed E-state index contributed by atoms with van der Waals surface area (Å²) >= 11 is 0. The van der Waals surface area contributed by atoms with Crippen molar-refractivity contribution in [3.8, 4) is 0 Å². The van der Waals surface area contributed by atoms with Crippen LogP contribution in [0.1, 0.15) is 30.9 Å². The number of hydrogen-bond acceptors (Lipinski definition) is 1. The first kappa shape index (κ1) is 16.2. The molecule has 2 aliphatic carbocycles. The van der Waals surface area contributed by atoms with Crippen LogP contribution >= 0.6 is 0 Å². The Labute approximate surface area is 144 Å². The van der Waals surface area contributed by atoms with Gasteiger partial charge in [0.15, 0.2) is 0 Å². The molecule has 1 aromatic rings. The van der Waals surface area contributed by atoms with Crippen LogP contribution in [0.15, 0.2) is 89.5 Å². The topological polar surface area (TPSA) is 12.4 Å². The maximum atomic E-state index is 4.36. The van der Waals surface area contributed by atoms with E-state index in [1.54, 1.807) is 7.05 Å². The molecule has 0 heterocycles. The molecule has 2 aliphatic rings. The highest BCUT2D eigenvalue weighted by atomic mass is 14.7. The molecule has 1 nitrogen and oxygen atoms in total. The van der Waals surface area contributed by atoms with Crippen molar-refractivity contribution in [1.82, 2.24) is 0 Å². The van der Waals surface area contributed by atoms with Gasteiger partial charge in [0.25, 0.3) is 0 Å². The molecule has 0 aromatic heterocycles. The number of aliphatic imine (C=N–C) groups is 1. The summed E-state index contributed by atoms with van der Waals surface area (Å²) in [6, 6.07) is 8.74. The van der Waals surface area contributed by atoms with Crippen LogP contribution in [0.4, 0.5) is 0 Å². The second-order valence-corrected chi connectivity index (χ2v) is 6.25. The predicted octanol–water partition coefficient (Wildman–Crippen LogP) is 5.95. The van der Waals surface area contributed by atoms with Crippen LogP contribution in [0.25, 0.3) is 11.1 Å². The first-order valence-corrected chi connectivity index (χ1v) is 8.33. The summed E-state index contributed by atoms with van der Waals surface area (Å²) in [4.78, 5) is 4.36. The van der Waals surface area contributed by atoms with Gasteiger partial charge < -0.3 is 0 Å². The lowest BCUT2D eigenvalue weighted by atomic mass is 9.87. The minimum atomic E-state index is 0.931. The molecule has 120 valence electrons. The molecule has 3 rings (SSSR count). The van der Waals surface area contributed by atoms with Gasteiger partial charge in [-0.05, 0) is 65.3 Å². The summed E-state index contributed by atoms with van der Waals surface area (Å²) in [6.07, 6.45) is 13.3. The molecule has 0 atom stereocenters. The number of hydrogen-bond donors (Lipinski definition) is 0. The van der Waals surface area contributed by atoms with Gasteiger partial charge in [-0.2, -0.15) is 0 Å². The highest BCUT2D eigenvalue weighted by molar-refractivity contribution is 6.20. The van der Waals surface area contributed by atoms with Gasteiger partial charge in [-0.15, -0.1) is 0 Å². The third kappa shape index (κ3) is 3.16. The molecular formula is C23H23N. The Morgan fingerprint density at radius 3 is 2.21 bits per heavy atom. The van der Waals surface area contributed by atoms with Crippen molar-refractivity contribution in [2.24, 2.45) is 4.99 Å². The maximum absolute atomic E-state index is 4.36. The lowest BCUT2D eigenvalue weighted by molar-refractivity contribution is 1.04. The van der Waals surface area contributed by atoms with Crippen LogP contribution in [-0.2, 0) is 0 Å². The highest BCUT2D eigenvalue weighted by Crippen LogP contribution is 2.30. The SMILES string of the molecule is C=C(C)C1=CC(c2ccc(C3=CCCC=C3)cc2)=CC(=C)/C1=N\C. The summed E-state index contributed by atoms with van der Waals surface area (Å²) in [5.41, 5.74) is 8.88. The van der Waals surface area contributed by atoms with Crippen LogP contribution in [-0.4, -0.2) is 12.8 Å². The van der Waals surface area contributed by atoms with Gasteiger partial charge in [0.2, 0.25) is 0 Å². The summed E-state index contributed by atoms with van der Waals surface area (Å²) in [6.45, 7) is 10.3. The molecule has 0 spiro atoms. The smallest absolute Gasteiger partial charge is 0.0712 e. The van der Waals surface area contributed by atoms with Gasteiger partial charge in [0.1, 0.15) is 0 Å². The summed E-state index contributed by atoms with van der Waals surface area (Å²) in [5.74, 6) is 0. The van der Waals surface area contributed by atoms with Crippen molar-refractivity contribution < 1.29 is 0 Å². The summed E-state index contributed by atoms with van der Waals surface area (Å²) in [7, 11) is 1.80. The summed E-state index contributed by atoms with van der Waals surface area (Å²) in [5, 5.41) is 0. The van der Waals surface area contributed by atoms with Gasteiger partial charge in [0.05, 0.1) is 5.71 Å². The Kier molecular flexibility index (Phi) is 4.61. The molecule has 0 radical (unpaired) electrons. The van der Waals surface area contributed by atoms with E-state index < -0.39 is 0 Å². The Morgan fingerprint density at radius 2 is 1.67 bits per heavy atom. The number of rotatable bonds is 3. The van der Waals surface area contributed by atoms with E-state index in [2.05, 4.69) is 72.8 Å². The van der Waals surface area contributed by atoms with Gasteiger partial charge in [-0.3, -0.25) is 4.99 Å². The largest absolute Gasteiger partial charge is 0.287 e. The predicted molar refractivity (Wildman–Crippen MR) is 106 cm³/mol. The second-order valence-electron chi connectivity index (χ2n) is 6.25. The fourth-order valence-corrected chi connectivity index (χ4v) is 3.13. The van der Waals surface area contributed by atoms with E-state index in [9.17, 15) is 0 Å². The molecule has 0 bridgehead atoms. The first-order chi connectivity index (χ1) is 11.6. The van der Waals surface area contributed by atoms with Crippen LogP contribution in [0, 0.1) is 0 Å². The van der Waals surface area contributed by atoms with E-state index >= 15 is 0 Å². The zero-order valence-corrected chi connectivity index (χ0v) is 14.5. The second kappa shape index (κ2) is 6.84. The molecule has 0 unspecified atom stereocenters. The Bertz CT molecular complexity index is 837. The van der Waals surface area contributed by atoms with Crippen molar-refractivity contribution in [1.29, 1.82) is 0 Å². The molecule has 0 aliphatic heterocycles.